The fraction of sp³-hybridized carbons (Fsp3) is 0.188. The summed E-state index contributed by atoms with van der Waals surface area (Å²) >= 11 is 3.45. The summed E-state index contributed by atoms with van der Waals surface area (Å²) in [5.74, 6) is 0.817. The summed E-state index contributed by atoms with van der Waals surface area (Å²) in [6.45, 7) is 2.14. The number of hydrogen-bond acceptors (Lipinski definition) is 2. The second-order valence-corrected chi connectivity index (χ2v) is 5.08. The monoisotopic (exact) mass is 317 g/mol. The van der Waals surface area contributed by atoms with Gasteiger partial charge in [-0.05, 0) is 42.3 Å². The van der Waals surface area contributed by atoms with Crippen molar-refractivity contribution in [3.63, 3.8) is 0 Å². The fourth-order valence-electron chi connectivity index (χ4n) is 1.77. The number of nitrogens with zero attached hydrogens (tertiary/aromatic N) is 1. The predicted octanol–water partition coefficient (Wildman–Crippen LogP) is 4.77. The van der Waals surface area contributed by atoms with E-state index in [9.17, 15) is 0 Å². The Morgan fingerprint density at radius 3 is 2.53 bits per heavy atom. The van der Waals surface area contributed by atoms with Gasteiger partial charge in [-0.25, -0.2) is 0 Å². The minimum absolute atomic E-state index is 0.817. The molecule has 98 valence electrons. The van der Waals surface area contributed by atoms with Crippen LogP contribution >= 0.6 is 15.9 Å². The van der Waals surface area contributed by atoms with Gasteiger partial charge in [0, 0.05) is 16.3 Å². The van der Waals surface area contributed by atoms with Crippen molar-refractivity contribution in [3.05, 3.63) is 58.1 Å². The van der Waals surface area contributed by atoms with Crippen molar-refractivity contribution in [1.82, 2.24) is 0 Å². The normalized spacial score (nSPS) is 10.9. The number of rotatable bonds is 4. The molecule has 0 aliphatic heterocycles. The molecule has 2 nitrogen and oxygen atoms in total. The first kappa shape index (κ1) is 13.8. The fourth-order valence-corrected chi connectivity index (χ4v) is 2.15. The van der Waals surface area contributed by atoms with E-state index in [1.807, 2.05) is 36.5 Å². The summed E-state index contributed by atoms with van der Waals surface area (Å²) < 4.78 is 6.32. The van der Waals surface area contributed by atoms with Crippen molar-refractivity contribution in [2.45, 2.75) is 13.3 Å². The lowest BCUT2D eigenvalue weighted by Crippen LogP contribution is -1.90. The minimum atomic E-state index is 0.817. The third-order valence-electron chi connectivity index (χ3n) is 2.89. The minimum Gasteiger partial charge on any atom is -0.496 e. The van der Waals surface area contributed by atoms with Crippen LogP contribution in [0.3, 0.4) is 0 Å². The molecule has 0 fully saturated rings. The summed E-state index contributed by atoms with van der Waals surface area (Å²) in [6.07, 6.45) is 2.87. The molecular formula is C16H16BrNO. The van der Waals surface area contributed by atoms with Gasteiger partial charge in [-0.15, -0.1) is 0 Å². The molecule has 0 amide bonds. The van der Waals surface area contributed by atoms with Gasteiger partial charge >= 0.3 is 0 Å². The summed E-state index contributed by atoms with van der Waals surface area (Å²) in [7, 11) is 1.66. The Labute approximate surface area is 122 Å². The Balaban J connectivity index is 2.23. The third-order valence-corrected chi connectivity index (χ3v) is 3.38. The van der Waals surface area contributed by atoms with Crippen LogP contribution in [-0.4, -0.2) is 13.3 Å². The molecule has 0 aliphatic carbocycles. The van der Waals surface area contributed by atoms with Crippen molar-refractivity contribution >= 4 is 27.8 Å². The lowest BCUT2D eigenvalue weighted by molar-refractivity contribution is 0.414. The molecule has 3 heteroatoms. The molecule has 0 saturated heterocycles. The Morgan fingerprint density at radius 2 is 1.89 bits per heavy atom. The highest BCUT2D eigenvalue weighted by molar-refractivity contribution is 9.10. The van der Waals surface area contributed by atoms with E-state index in [4.69, 9.17) is 4.74 Å². The summed E-state index contributed by atoms with van der Waals surface area (Å²) in [5, 5.41) is 0. The van der Waals surface area contributed by atoms with Crippen molar-refractivity contribution < 1.29 is 4.74 Å². The second-order valence-electron chi connectivity index (χ2n) is 4.16. The zero-order chi connectivity index (χ0) is 13.7. The highest BCUT2D eigenvalue weighted by Crippen LogP contribution is 2.22. The molecule has 2 aromatic rings. The summed E-state index contributed by atoms with van der Waals surface area (Å²) in [6, 6.07) is 14.1. The Bertz CT molecular complexity index is 576. The smallest absolute Gasteiger partial charge is 0.127 e. The van der Waals surface area contributed by atoms with Gasteiger partial charge in [-0.2, -0.15) is 0 Å². The molecule has 0 saturated carbocycles. The first-order chi connectivity index (χ1) is 9.22. The number of halogens is 1. The summed E-state index contributed by atoms with van der Waals surface area (Å²) in [5.41, 5.74) is 3.22. The Morgan fingerprint density at radius 1 is 1.16 bits per heavy atom. The number of hydrogen-bond donors (Lipinski definition) is 0. The van der Waals surface area contributed by atoms with Crippen LogP contribution in [0, 0.1) is 0 Å². The van der Waals surface area contributed by atoms with Gasteiger partial charge in [0.25, 0.3) is 0 Å². The molecule has 0 atom stereocenters. The largest absolute Gasteiger partial charge is 0.496 e. The van der Waals surface area contributed by atoms with E-state index in [1.54, 1.807) is 7.11 Å². The van der Waals surface area contributed by atoms with Crippen molar-refractivity contribution in [2.75, 3.05) is 7.11 Å². The van der Waals surface area contributed by atoms with Crippen molar-refractivity contribution in [2.24, 2.45) is 4.99 Å². The lowest BCUT2D eigenvalue weighted by atomic mass is 10.1. The van der Waals surface area contributed by atoms with Gasteiger partial charge < -0.3 is 4.74 Å². The number of methoxy groups -OCH3 is 1. The average Bonchev–Trinajstić information content (AvgIpc) is 2.46. The second kappa shape index (κ2) is 6.53. The maximum absolute atomic E-state index is 5.31. The molecule has 0 heterocycles. The number of benzene rings is 2. The van der Waals surface area contributed by atoms with E-state index in [-0.39, 0.29) is 0 Å². The predicted molar refractivity (Wildman–Crippen MR) is 83.8 cm³/mol. The topological polar surface area (TPSA) is 21.6 Å². The highest BCUT2D eigenvalue weighted by atomic mass is 79.9. The van der Waals surface area contributed by atoms with Gasteiger partial charge in [0.15, 0.2) is 0 Å². The van der Waals surface area contributed by atoms with Crippen LogP contribution in [0.5, 0.6) is 5.75 Å². The van der Waals surface area contributed by atoms with Gasteiger partial charge in [-0.3, -0.25) is 4.99 Å². The standard InChI is InChI=1S/C16H16BrNO/c1-3-12-4-7-15(8-5-12)18-11-13-10-14(17)6-9-16(13)19-2/h4-11H,3H2,1-2H3. The Kier molecular flexibility index (Phi) is 4.74. The maximum Gasteiger partial charge on any atom is 0.127 e. The zero-order valence-corrected chi connectivity index (χ0v) is 12.6. The Hall–Kier alpha value is -1.61. The average molecular weight is 318 g/mol. The molecule has 0 N–H and O–H groups in total. The number of aryl methyl sites for hydroxylation is 1. The number of aliphatic imine (C=N–C) groups is 1. The molecule has 0 aliphatic rings. The molecule has 2 rings (SSSR count). The molecule has 0 radical (unpaired) electrons. The van der Waals surface area contributed by atoms with E-state index >= 15 is 0 Å². The van der Waals surface area contributed by atoms with Crippen LogP contribution in [0.15, 0.2) is 51.9 Å². The van der Waals surface area contributed by atoms with E-state index in [0.717, 1.165) is 27.9 Å². The lowest BCUT2D eigenvalue weighted by Gasteiger charge is -2.04. The maximum atomic E-state index is 5.31. The van der Waals surface area contributed by atoms with Gasteiger partial charge in [0.1, 0.15) is 5.75 Å². The van der Waals surface area contributed by atoms with E-state index in [0.29, 0.717) is 0 Å². The van der Waals surface area contributed by atoms with E-state index in [1.165, 1.54) is 5.56 Å². The molecule has 0 aromatic heterocycles. The van der Waals surface area contributed by atoms with Crippen LogP contribution < -0.4 is 4.74 Å². The summed E-state index contributed by atoms with van der Waals surface area (Å²) in [4.78, 5) is 4.48. The van der Waals surface area contributed by atoms with Crippen LogP contribution in [0.4, 0.5) is 5.69 Å². The molecule has 0 unspecified atom stereocenters. The quantitative estimate of drug-likeness (QED) is 0.744. The highest BCUT2D eigenvalue weighted by Gasteiger charge is 2.00. The molecule has 0 spiro atoms. The van der Waals surface area contributed by atoms with Crippen LogP contribution in [0.1, 0.15) is 18.1 Å². The molecule has 19 heavy (non-hydrogen) atoms. The van der Waals surface area contributed by atoms with E-state index in [2.05, 4.69) is 40.0 Å². The third kappa shape index (κ3) is 3.67. The first-order valence-electron chi connectivity index (χ1n) is 6.19. The van der Waals surface area contributed by atoms with Crippen LogP contribution in [-0.2, 0) is 6.42 Å². The van der Waals surface area contributed by atoms with Crippen LogP contribution in [0.25, 0.3) is 0 Å². The van der Waals surface area contributed by atoms with Crippen molar-refractivity contribution in [1.29, 1.82) is 0 Å². The first-order valence-corrected chi connectivity index (χ1v) is 6.98. The van der Waals surface area contributed by atoms with Gasteiger partial charge in [0.05, 0.1) is 12.8 Å². The van der Waals surface area contributed by atoms with Gasteiger partial charge in [0.2, 0.25) is 0 Å². The number of ether oxygens (including phenoxy) is 1. The molecule has 0 bridgehead atoms. The molecule has 2 aromatic carbocycles. The SMILES string of the molecule is CCc1ccc(N=Cc2cc(Br)ccc2OC)cc1. The van der Waals surface area contributed by atoms with Gasteiger partial charge in [-0.1, -0.05) is 35.0 Å². The van der Waals surface area contributed by atoms with Crippen molar-refractivity contribution in [3.8, 4) is 5.75 Å². The van der Waals surface area contributed by atoms with E-state index < -0.39 is 0 Å². The molecular weight excluding hydrogens is 302 g/mol. The zero-order valence-electron chi connectivity index (χ0n) is 11.1. The van der Waals surface area contributed by atoms with Crippen LogP contribution in [0.2, 0.25) is 0 Å².